The SMILES string of the molecule is C=CCOCC(O)CO.C[N+](C)(C)CCO.C[N+](C)(C)CCO.C[N+](C)(C)CCO.O=P([O-])([O-])[O-]. The van der Waals surface area contributed by atoms with E-state index < -0.39 is 13.9 Å². The molecule has 5 N–H and O–H groups in total. The van der Waals surface area contributed by atoms with E-state index in [1.807, 2.05) is 0 Å². The van der Waals surface area contributed by atoms with Crippen LogP contribution in [0.25, 0.3) is 0 Å². The van der Waals surface area contributed by atoms with Crippen LogP contribution in [0.1, 0.15) is 0 Å². The number of hydrogen-bond acceptors (Lipinski definition) is 10. The third-order valence-electron chi connectivity index (χ3n) is 3.07. The second-order valence-corrected chi connectivity index (χ2v) is 11.2. The Bertz CT molecular complexity index is 441. The van der Waals surface area contributed by atoms with Gasteiger partial charge >= 0.3 is 0 Å². The van der Waals surface area contributed by atoms with Gasteiger partial charge in [-0.25, -0.2) is 0 Å². The van der Waals surface area contributed by atoms with Crippen molar-refractivity contribution in [1.29, 1.82) is 0 Å². The molecule has 0 aliphatic rings. The molecule has 0 heterocycles. The summed E-state index contributed by atoms with van der Waals surface area (Å²) in [5, 5.41) is 42.1. The van der Waals surface area contributed by atoms with Crippen LogP contribution in [0.2, 0.25) is 0 Å². The molecule has 1 unspecified atom stereocenters. The average molecular weight is 540 g/mol. The van der Waals surface area contributed by atoms with Crippen LogP contribution >= 0.6 is 7.82 Å². The molecule has 1 atom stereocenters. The molecule has 218 valence electrons. The molecule has 0 spiro atoms. The summed E-state index contributed by atoms with van der Waals surface area (Å²) in [5.41, 5.74) is 0. The maximum Gasteiger partial charge on any atom is 0.101 e. The third-order valence-corrected chi connectivity index (χ3v) is 3.07. The zero-order valence-corrected chi connectivity index (χ0v) is 24.2. The van der Waals surface area contributed by atoms with Gasteiger partial charge in [0.1, 0.15) is 25.7 Å². The minimum Gasteiger partial charge on any atom is -0.822 e. The second-order valence-electron chi connectivity index (χ2n) is 10.3. The third kappa shape index (κ3) is 97.1. The van der Waals surface area contributed by atoms with E-state index in [0.717, 1.165) is 33.1 Å². The first kappa shape index (κ1) is 44.5. The highest BCUT2D eigenvalue weighted by molar-refractivity contribution is 7.40. The maximum absolute atomic E-state index is 8.68. The topological polar surface area (TPSA) is 197 Å². The van der Waals surface area contributed by atoms with Crippen molar-refractivity contribution in [2.45, 2.75) is 6.10 Å². The van der Waals surface area contributed by atoms with Gasteiger partial charge in [0.15, 0.2) is 0 Å². The Hall–Kier alpha value is -0.510. The first-order valence-corrected chi connectivity index (χ1v) is 12.4. The van der Waals surface area contributed by atoms with Crippen molar-refractivity contribution in [3.05, 3.63) is 12.7 Å². The largest absolute Gasteiger partial charge is 0.822 e. The van der Waals surface area contributed by atoms with E-state index in [0.29, 0.717) is 6.61 Å². The van der Waals surface area contributed by atoms with Crippen molar-refractivity contribution in [2.75, 3.05) is 123 Å². The number of likely N-dealkylation sites (N-methyl/N-ethyl adjacent to an activating group) is 3. The van der Waals surface area contributed by atoms with Crippen LogP contribution < -0.4 is 14.7 Å². The van der Waals surface area contributed by atoms with Crippen LogP contribution in [0.15, 0.2) is 12.7 Å². The van der Waals surface area contributed by atoms with Gasteiger partial charge in [0.25, 0.3) is 0 Å². The zero-order chi connectivity index (χ0) is 29.4. The Labute approximate surface area is 212 Å². The van der Waals surface area contributed by atoms with Crippen molar-refractivity contribution in [3.63, 3.8) is 0 Å². The highest BCUT2D eigenvalue weighted by atomic mass is 31.2. The van der Waals surface area contributed by atoms with Crippen molar-refractivity contribution in [2.24, 2.45) is 0 Å². The highest BCUT2D eigenvalue weighted by Crippen LogP contribution is 2.03. The van der Waals surface area contributed by atoms with Gasteiger partial charge in [0, 0.05) is 0 Å². The van der Waals surface area contributed by atoms with Gasteiger partial charge in [-0.3, -0.25) is 0 Å². The molecule has 0 aromatic rings. The fourth-order valence-corrected chi connectivity index (χ4v) is 1.24. The molecule has 0 bridgehead atoms. The highest BCUT2D eigenvalue weighted by Gasteiger charge is 2.03. The van der Waals surface area contributed by atoms with E-state index in [4.69, 9.17) is 49.5 Å². The van der Waals surface area contributed by atoms with Gasteiger partial charge in [0.05, 0.1) is 103 Å². The average Bonchev–Trinajstić information content (AvgIpc) is 2.59. The summed E-state index contributed by atoms with van der Waals surface area (Å²) < 4.78 is 15.9. The van der Waals surface area contributed by atoms with E-state index in [1.54, 1.807) is 6.08 Å². The molecular weight excluding hydrogens is 485 g/mol. The lowest BCUT2D eigenvalue weighted by Gasteiger charge is -2.36. The Morgan fingerprint density at radius 1 is 0.771 bits per heavy atom. The number of phosphoric acid groups is 1. The van der Waals surface area contributed by atoms with E-state index in [1.165, 1.54) is 0 Å². The number of hydrogen-bond donors (Lipinski definition) is 5. The molecule has 0 amide bonds. The molecule has 0 aromatic carbocycles. The van der Waals surface area contributed by atoms with Crippen molar-refractivity contribution >= 4 is 7.82 Å². The standard InChI is InChI=1S/C6H12O3.3C5H14NO.H3O4P/c1-2-3-9-5-6(8)4-7;3*1-6(2,3)4-5-7;1-5(2,3)4/h2,6-8H,1,3-5H2;3*7H,4-5H2,1-3H3;(H3,1,2,3,4)/q;3*+1;/p-3. The lowest BCUT2D eigenvalue weighted by Crippen LogP contribution is -2.36. The van der Waals surface area contributed by atoms with E-state index in [-0.39, 0.29) is 33.0 Å². The lowest BCUT2D eigenvalue weighted by atomic mass is 10.4. The van der Waals surface area contributed by atoms with Gasteiger partial charge in [0.2, 0.25) is 0 Å². The first-order chi connectivity index (χ1) is 15.5. The molecule has 0 rings (SSSR count). The second kappa shape index (κ2) is 25.2. The summed E-state index contributed by atoms with van der Waals surface area (Å²) in [6, 6.07) is 0. The van der Waals surface area contributed by atoms with Gasteiger partial charge in [-0.2, -0.15) is 7.82 Å². The molecule has 13 nitrogen and oxygen atoms in total. The summed E-state index contributed by atoms with van der Waals surface area (Å²) >= 11 is 0. The predicted molar refractivity (Wildman–Crippen MR) is 132 cm³/mol. The van der Waals surface area contributed by atoms with Crippen LogP contribution in [0, 0.1) is 0 Å². The van der Waals surface area contributed by atoms with Gasteiger partial charge in [-0.15, -0.1) is 6.58 Å². The smallest absolute Gasteiger partial charge is 0.101 e. The summed E-state index contributed by atoms with van der Waals surface area (Å²) in [4.78, 5) is 25.6. The van der Waals surface area contributed by atoms with Gasteiger partial charge in [-0.05, 0) is 0 Å². The molecule has 0 fully saturated rings. The molecule has 0 aliphatic heterocycles. The molecule has 0 saturated heterocycles. The summed E-state index contributed by atoms with van der Waals surface area (Å²) in [6.07, 6.45) is 0.828. The van der Waals surface area contributed by atoms with Crippen LogP contribution in [-0.2, 0) is 9.30 Å². The lowest BCUT2D eigenvalue weighted by molar-refractivity contribution is -0.870. The molecule has 14 heteroatoms. The molecule has 0 aromatic heterocycles. The number of quaternary nitrogens is 3. The van der Waals surface area contributed by atoms with Crippen molar-refractivity contribution in [3.8, 4) is 0 Å². The molecule has 0 aliphatic carbocycles. The van der Waals surface area contributed by atoms with Crippen LogP contribution in [-0.4, -0.2) is 168 Å². The number of aliphatic hydroxyl groups is 5. The zero-order valence-electron chi connectivity index (χ0n) is 23.3. The fourth-order valence-electron chi connectivity index (χ4n) is 1.24. The number of rotatable bonds is 11. The Balaban J connectivity index is -0.000000108. The number of aliphatic hydroxyl groups excluding tert-OH is 5. The van der Waals surface area contributed by atoms with Gasteiger partial charge < -0.3 is 63.0 Å². The fraction of sp³-hybridized carbons (Fsp3) is 0.905. The van der Waals surface area contributed by atoms with Crippen LogP contribution in [0.3, 0.4) is 0 Å². The molecular formula is C21H54N3O10P. The van der Waals surface area contributed by atoms with Crippen LogP contribution in [0.5, 0.6) is 0 Å². The summed E-state index contributed by atoms with van der Waals surface area (Å²) in [7, 11) is 13.1. The summed E-state index contributed by atoms with van der Waals surface area (Å²) in [6.45, 7) is 7.09. The van der Waals surface area contributed by atoms with Crippen molar-refractivity contribution in [1.82, 2.24) is 0 Å². The Morgan fingerprint density at radius 3 is 1.14 bits per heavy atom. The molecule has 0 radical (unpaired) electrons. The Morgan fingerprint density at radius 2 is 1.03 bits per heavy atom. The van der Waals surface area contributed by atoms with Crippen molar-refractivity contribution < 1.29 is 63.0 Å². The van der Waals surface area contributed by atoms with E-state index in [9.17, 15) is 0 Å². The van der Waals surface area contributed by atoms with E-state index in [2.05, 4.69) is 70.0 Å². The minimum atomic E-state index is -5.39. The van der Waals surface area contributed by atoms with Crippen LogP contribution in [0.4, 0.5) is 0 Å². The maximum atomic E-state index is 8.68. The Kier molecular flexibility index (Phi) is 32.0. The normalized spacial score (nSPS) is 12.3. The number of nitrogens with zero attached hydrogens (tertiary/aromatic N) is 3. The van der Waals surface area contributed by atoms with E-state index >= 15 is 0 Å². The number of ether oxygens (including phenoxy) is 1. The molecule has 35 heavy (non-hydrogen) atoms. The monoisotopic (exact) mass is 539 g/mol. The predicted octanol–water partition coefficient (Wildman–Crippen LogP) is -4.23. The minimum absolute atomic E-state index is 0.169. The van der Waals surface area contributed by atoms with Gasteiger partial charge in [-0.1, -0.05) is 6.08 Å². The first-order valence-electron chi connectivity index (χ1n) is 10.9. The molecule has 0 saturated carbocycles. The summed E-state index contributed by atoms with van der Waals surface area (Å²) in [5.74, 6) is 0. The quantitative estimate of drug-likeness (QED) is 0.0742.